The van der Waals surface area contributed by atoms with Crippen LogP contribution in [0.1, 0.15) is 24.6 Å². The standard InChI is InChI=1S/C17H20BrNO4S/c1-17(16(20)23-2,24(3,21)22)10-4-6-12-13-9-11(18)5-7-14(13)19-15(12)8-10/h5,7,9-10,19H,4,6,8H2,1-3H3. The Hall–Kier alpha value is -1.34. The first-order valence-electron chi connectivity index (χ1n) is 7.75. The molecule has 1 aromatic heterocycles. The number of aromatic amines is 1. The van der Waals surface area contributed by atoms with Gasteiger partial charge in [0.2, 0.25) is 0 Å². The Bertz CT molecular complexity index is 918. The third kappa shape index (κ3) is 2.58. The molecule has 0 bridgehead atoms. The number of hydrogen-bond donors (Lipinski definition) is 1. The number of benzene rings is 1. The van der Waals surface area contributed by atoms with Gasteiger partial charge in [-0.15, -0.1) is 0 Å². The van der Waals surface area contributed by atoms with E-state index in [2.05, 4.69) is 27.0 Å². The molecule has 2 atom stereocenters. The number of carbonyl (C=O) groups is 1. The van der Waals surface area contributed by atoms with Crippen molar-refractivity contribution in [3.05, 3.63) is 33.9 Å². The lowest BCUT2D eigenvalue weighted by Gasteiger charge is -2.35. The molecule has 24 heavy (non-hydrogen) atoms. The van der Waals surface area contributed by atoms with Crippen molar-refractivity contribution in [1.29, 1.82) is 0 Å². The SMILES string of the molecule is COC(=O)C(C)(C1CCc2c([nH]c3ccc(Br)cc23)C1)S(C)(=O)=O. The van der Waals surface area contributed by atoms with Crippen LogP contribution >= 0.6 is 15.9 Å². The highest BCUT2D eigenvalue weighted by Gasteiger charge is 2.52. The van der Waals surface area contributed by atoms with E-state index in [9.17, 15) is 13.2 Å². The van der Waals surface area contributed by atoms with E-state index in [-0.39, 0.29) is 5.92 Å². The van der Waals surface area contributed by atoms with E-state index in [0.717, 1.165) is 33.7 Å². The minimum Gasteiger partial charge on any atom is -0.468 e. The Morgan fingerprint density at radius 2 is 2.12 bits per heavy atom. The highest BCUT2D eigenvalue weighted by molar-refractivity contribution is 9.10. The van der Waals surface area contributed by atoms with Gasteiger partial charge in [-0.1, -0.05) is 15.9 Å². The second-order valence-corrected chi connectivity index (χ2v) is 9.89. The number of H-pyrrole nitrogens is 1. The number of ether oxygens (including phenoxy) is 1. The Morgan fingerprint density at radius 1 is 1.42 bits per heavy atom. The lowest BCUT2D eigenvalue weighted by Crippen LogP contribution is -2.51. The van der Waals surface area contributed by atoms with Gasteiger partial charge in [0.25, 0.3) is 0 Å². The smallest absolute Gasteiger partial charge is 0.327 e. The minimum absolute atomic E-state index is 0.316. The summed E-state index contributed by atoms with van der Waals surface area (Å²) >= 11 is 3.49. The molecule has 0 spiro atoms. The molecule has 0 fully saturated rings. The van der Waals surface area contributed by atoms with Gasteiger partial charge in [-0.2, -0.15) is 0 Å². The van der Waals surface area contributed by atoms with Gasteiger partial charge < -0.3 is 9.72 Å². The van der Waals surface area contributed by atoms with Crippen molar-refractivity contribution in [2.45, 2.75) is 30.9 Å². The molecular formula is C17H20BrNO4S. The van der Waals surface area contributed by atoms with Gasteiger partial charge in [-0.25, -0.2) is 8.42 Å². The van der Waals surface area contributed by atoms with E-state index in [1.54, 1.807) is 0 Å². The van der Waals surface area contributed by atoms with Crippen LogP contribution in [0.15, 0.2) is 22.7 Å². The normalized spacial score (nSPS) is 20.4. The monoisotopic (exact) mass is 413 g/mol. The van der Waals surface area contributed by atoms with Crippen molar-refractivity contribution < 1.29 is 17.9 Å². The summed E-state index contributed by atoms with van der Waals surface area (Å²) in [7, 11) is -2.37. The topological polar surface area (TPSA) is 76.2 Å². The fourth-order valence-corrected chi connectivity index (χ4v) is 5.25. The number of carbonyl (C=O) groups excluding carboxylic acids is 1. The van der Waals surface area contributed by atoms with Crippen LogP contribution in [0.3, 0.4) is 0 Å². The number of rotatable bonds is 3. The maximum Gasteiger partial charge on any atom is 0.327 e. The van der Waals surface area contributed by atoms with E-state index < -0.39 is 20.6 Å². The third-order valence-electron chi connectivity index (χ3n) is 5.29. The van der Waals surface area contributed by atoms with Crippen LogP contribution in [-0.2, 0) is 32.2 Å². The van der Waals surface area contributed by atoms with Crippen LogP contribution < -0.4 is 0 Å². The summed E-state index contributed by atoms with van der Waals surface area (Å²) in [5, 5.41) is 1.15. The van der Waals surface area contributed by atoms with Gasteiger partial charge in [0.15, 0.2) is 14.6 Å². The number of nitrogens with one attached hydrogen (secondary N) is 1. The number of esters is 1. The number of fused-ring (bicyclic) bond motifs is 3. The second kappa shape index (κ2) is 5.88. The third-order valence-corrected chi connectivity index (χ3v) is 7.82. The first-order valence-corrected chi connectivity index (χ1v) is 10.4. The molecule has 1 aromatic carbocycles. The molecule has 2 aromatic rings. The summed E-state index contributed by atoms with van der Waals surface area (Å²) in [4.78, 5) is 15.7. The predicted molar refractivity (Wildman–Crippen MR) is 96.8 cm³/mol. The molecule has 0 amide bonds. The molecule has 1 aliphatic carbocycles. The fourth-order valence-electron chi connectivity index (χ4n) is 3.70. The quantitative estimate of drug-likeness (QED) is 0.784. The Balaban J connectivity index is 2.05. The Morgan fingerprint density at radius 3 is 2.75 bits per heavy atom. The number of halogens is 1. The van der Waals surface area contributed by atoms with Gasteiger partial charge in [0.1, 0.15) is 0 Å². The Labute approximate surface area is 149 Å². The molecule has 5 nitrogen and oxygen atoms in total. The fraction of sp³-hybridized carbons (Fsp3) is 0.471. The van der Waals surface area contributed by atoms with Crippen molar-refractivity contribution in [3.8, 4) is 0 Å². The van der Waals surface area contributed by atoms with Gasteiger partial charge in [-0.05, 0) is 55.9 Å². The van der Waals surface area contributed by atoms with E-state index in [0.29, 0.717) is 12.8 Å². The van der Waals surface area contributed by atoms with Crippen LogP contribution in [0, 0.1) is 5.92 Å². The van der Waals surface area contributed by atoms with E-state index >= 15 is 0 Å². The zero-order valence-corrected chi connectivity index (χ0v) is 16.3. The molecule has 0 saturated heterocycles. The zero-order chi connectivity index (χ0) is 17.7. The molecule has 130 valence electrons. The summed E-state index contributed by atoms with van der Waals surface area (Å²) in [6.45, 7) is 1.49. The summed E-state index contributed by atoms with van der Waals surface area (Å²) in [5.41, 5.74) is 3.25. The van der Waals surface area contributed by atoms with Crippen LogP contribution in [0.2, 0.25) is 0 Å². The van der Waals surface area contributed by atoms with E-state index in [1.807, 2.05) is 12.1 Å². The Kier molecular flexibility index (Phi) is 4.28. The maximum absolute atomic E-state index is 12.4. The highest BCUT2D eigenvalue weighted by Crippen LogP contribution is 2.40. The number of hydrogen-bond acceptors (Lipinski definition) is 4. The van der Waals surface area contributed by atoms with Crippen molar-refractivity contribution in [2.75, 3.05) is 13.4 Å². The number of sulfone groups is 1. The molecule has 7 heteroatoms. The van der Waals surface area contributed by atoms with E-state index in [1.165, 1.54) is 19.6 Å². The molecule has 3 rings (SSSR count). The van der Waals surface area contributed by atoms with Crippen molar-refractivity contribution in [2.24, 2.45) is 5.92 Å². The number of aromatic nitrogens is 1. The summed E-state index contributed by atoms with van der Waals surface area (Å²) in [6.07, 6.45) is 2.99. The molecular weight excluding hydrogens is 394 g/mol. The predicted octanol–water partition coefficient (Wildman–Crippen LogP) is 3.01. The van der Waals surface area contributed by atoms with Gasteiger partial charge in [0.05, 0.1) is 7.11 Å². The lowest BCUT2D eigenvalue weighted by molar-refractivity contribution is -0.145. The average molecular weight is 414 g/mol. The van der Waals surface area contributed by atoms with Crippen LogP contribution in [0.25, 0.3) is 10.9 Å². The molecule has 0 radical (unpaired) electrons. The highest BCUT2D eigenvalue weighted by atomic mass is 79.9. The van der Waals surface area contributed by atoms with Crippen LogP contribution in [-0.4, -0.2) is 37.5 Å². The molecule has 1 N–H and O–H groups in total. The second-order valence-electron chi connectivity index (χ2n) is 6.58. The maximum atomic E-state index is 12.4. The van der Waals surface area contributed by atoms with Crippen molar-refractivity contribution in [1.82, 2.24) is 4.98 Å². The van der Waals surface area contributed by atoms with Crippen molar-refractivity contribution >= 4 is 42.6 Å². The summed E-state index contributed by atoms with van der Waals surface area (Å²) < 4.78 is 29.0. The first kappa shape index (κ1) is 17.5. The van der Waals surface area contributed by atoms with Gasteiger partial charge in [-0.3, -0.25) is 4.79 Å². The van der Waals surface area contributed by atoms with E-state index in [4.69, 9.17) is 4.74 Å². The lowest BCUT2D eigenvalue weighted by atomic mass is 9.79. The molecule has 0 aliphatic heterocycles. The van der Waals surface area contributed by atoms with Crippen molar-refractivity contribution in [3.63, 3.8) is 0 Å². The number of aryl methyl sites for hydroxylation is 1. The molecule has 1 heterocycles. The number of methoxy groups -OCH3 is 1. The molecule has 0 saturated carbocycles. The van der Waals surface area contributed by atoms with Gasteiger partial charge >= 0.3 is 5.97 Å². The average Bonchev–Trinajstić information content (AvgIpc) is 2.89. The largest absolute Gasteiger partial charge is 0.468 e. The molecule has 1 aliphatic rings. The summed E-state index contributed by atoms with van der Waals surface area (Å²) in [5.74, 6) is -0.999. The molecule has 2 unspecified atom stereocenters. The zero-order valence-electron chi connectivity index (χ0n) is 13.8. The minimum atomic E-state index is -3.61. The van der Waals surface area contributed by atoms with Crippen LogP contribution in [0.5, 0.6) is 0 Å². The summed E-state index contributed by atoms with van der Waals surface area (Å²) in [6, 6.07) is 6.04. The van der Waals surface area contributed by atoms with Crippen LogP contribution in [0.4, 0.5) is 0 Å². The van der Waals surface area contributed by atoms with Gasteiger partial charge in [0, 0.05) is 27.3 Å². The first-order chi connectivity index (χ1) is 11.2.